The van der Waals surface area contributed by atoms with Crippen LogP contribution in [0.3, 0.4) is 0 Å². The first-order valence-electron chi connectivity index (χ1n) is 4.37. The number of halogens is 2. The maximum absolute atomic E-state index is 13.4. The molecule has 1 rings (SSSR count). The number of aliphatic hydroxyl groups excluding tert-OH is 1. The fraction of sp³-hybridized carbons (Fsp3) is 0.182. The van der Waals surface area contributed by atoms with Crippen molar-refractivity contribution in [3.05, 3.63) is 46.2 Å². The Labute approximate surface area is 101 Å². The summed E-state index contributed by atoms with van der Waals surface area (Å²) in [6.45, 7) is 3.36. The molecular weight excluding hydrogens is 279 g/mol. The molecule has 86 valence electrons. The van der Waals surface area contributed by atoms with Gasteiger partial charge in [0.2, 0.25) is 0 Å². The average Bonchev–Trinajstić information content (AvgIpc) is 2.26. The summed E-state index contributed by atoms with van der Waals surface area (Å²) < 4.78 is 18.4. The summed E-state index contributed by atoms with van der Waals surface area (Å²) in [7, 11) is 1.16. The van der Waals surface area contributed by atoms with E-state index in [0.717, 1.165) is 7.11 Å². The lowest BCUT2D eigenvalue weighted by Crippen LogP contribution is -2.13. The Morgan fingerprint density at radius 2 is 2.25 bits per heavy atom. The Balaban J connectivity index is 3.01. The van der Waals surface area contributed by atoms with E-state index in [-0.39, 0.29) is 11.1 Å². The second-order valence-corrected chi connectivity index (χ2v) is 4.00. The van der Waals surface area contributed by atoms with Crippen molar-refractivity contribution < 1.29 is 19.0 Å². The summed E-state index contributed by atoms with van der Waals surface area (Å²) in [6.07, 6.45) is -1.40. The SMILES string of the molecule is C=C(C(=O)OC)C(O)c1ccc(Br)cc1F. The summed E-state index contributed by atoms with van der Waals surface area (Å²) >= 11 is 3.09. The van der Waals surface area contributed by atoms with Crippen molar-refractivity contribution in [1.29, 1.82) is 0 Å². The van der Waals surface area contributed by atoms with Crippen molar-refractivity contribution in [2.75, 3.05) is 7.11 Å². The van der Waals surface area contributed by atoms with Gasteiger partial charge in [-0.25, -0.2) is 9.18 Å². The standard InChI is InChI=1S/C11H10BrFO3/c1-6(11(15)16-2)10(14)8-4-3-7(12)5-9(8)13/h3-5,10,14H,1H2,2H3. The van der Waals surface area contributed by atoms with Crippen LogP contribution in [0, 0.1) is 5.82 Å². The molecule has 3 nitrogen and oxygen atoms in total. The van der Waals surface area contributed by atoms with Crippen molar-refractivity contribution in [3.8, 4) is 0 Å². The fourth-order valence-corrected chi connectivity index (χ4v) is 1.49. The van der Waals surface area contributed by atoms with Crippen molar-refractivity contribution in [2.24, 2.45) is 0 Å². The van der Waals surface area contributed by atoms with Gasteiger partial charge in [-0.2, -0.15) is 0 Å². The van der Waals surface area contributed by atoms with E-state index < -0.39 is 17.9 Å². The van der Waals surface area contributed by atoms with Gasteiger partial charge in [0.25, 0.3) is 0 Å². The van der Waals surface area contributed by atoms with Crippen molar-refractivity contribution in [1.82, 2.24) is 0 Å². The van der Waals surface area contributed by atoms with Crippen molar-refractivity contribution in [3.63, 3.8) is 0 Å². The second-order valence-electron chi connectivity index (χ2n) is 3.09. The highest BCUT2D eigenvalue weighted by Gasteiger charge is 2.21. The third-order valence-electron chi connectivity index (χ3n) is 2.03. The third kappa shape index (κ3) is 2.68. The number of carbonyl (C=O) groups is 1. The van der Waals surface area contributed by atoms with Crippen molar-refractivity contribution >= 4 is 21.9 Å². The minimum absolute atomic E-state index is 0.0152. The molecule has 16 heavy (non-hydrogen) atoms. The number of rotatable bonds is 3. The number of esters is 1. The first-order valence-corrected chi connectivity index (χ1v) is 5.16. The van der Waals surface area contributed by atoms with Crippen LogP contribution in [0.15, 0.2) is 34.8 Å². The number of carbonyl (C=O) groups excluding carboxylic acids is 1. The van der Waals surface area contributed by atoms with Gasteiger partial charge in [-0.05, 0) is 12.1 Å². The van der Waals surface area contributed by atoms with Gasteiger partial charge >= 0.3 is 5.97 Å². The normalized spacial score (nSPS) is 12.0. The van der Waals surface area contributed by atoms with Gasteiger partial charge in [-0.15, -0.1) is 0 Å². The lowest BCUT2D eigenvalue weighted by Gasteiger charge is -2.13. The summed E-state index contributed by atoms with van der Waals surface area (Å²) in [5, 5.41) is 9.71. The molecule has 1 N–H and O–H groups in total. The Morgan fingerprint density at radius 1 is 1.62 bits per heavy atom. The van der Waals surface area contributed by atoms with Crippen LogP contribution in [0.25, 0.3) is 0 Å². The largest absolute Gasteiger partial charge is 0.466 e. The second kappa shape index (κ2) is 5.23. The van der Waals surface area contributed by atoms with E-state index in [2.05, 4.69) is 27.2 Å². The van der Waals surface area contributed by atoms with E-state index in [1.54, 1.807) is 6.07 Å². The highest BCUT2D eigenvalue weighted by atomic mass is 79.9. The predicted molar refractivity (Wildman–Crippen MR) is 60.2 cm³/mol. The zero-order valence-corrected chi connectivity index (χ0v) is 10.1. The Bertz CT molecular complexity index is 431. The minimum atomic E-state index is -1.40. The fourth-order valence-electron chi connectivity index (χ4n) is 1.15. The highest BCUT2D eigenvalue weighted by Crippen LogP contribution is 2.25. The molecule has 1 aromatic carbocycles. The quantitative estimate of drug-likeness (QED) is 0.686. The van der Waals surface area contributed by atoms with Gasteiger partial charge in [0.1, 0.15) is 11.9 Å². The van der Waals surface area contributed by atoms with E-state index in [0.29, 0.717) is 4.47 Å². The molecule has 0 saturated carbocycles. The molecular formula is C11H10BrFO3. The number of aliphatic hydroxyl groups is 1. The molecule has 0 aromatic heterocycles. The molecule has 0 aliphatic rings. The van der Waals surface area contributed by atoms with E-state index in [4.69, 9.17) is 0 Å². The van der Waals surface area contributed by atoms with Crippen LogP contribution in [0.5, 0.6) is 0 Å². The third-order valence-corrected chi connectivity index (χ3v) is 2.53. The van der Waals surface area contributed by atoms with E-state index in [9.17, 15) is 14.3 Å². The summed E-state index contributed by atoms with van der Waals surface area (Å²) in [5.41, 5.74) is -0.220. The smallest absolute Gasteiger partial charge is 0.336 e. The van der Waals surface area contributed by atoms with Crippen LogP contribution in [0.2, 0.25) is 0 Å². The van der Waals surface area contributed by atoms with Gasteiger partial charge in [0.15, 0.2) is 0 Å². The van der Waals surface area contributed by atoms with Gasteiger partial charge in [0.05, 0.1) is 12.7 Å². The van der Waals surface area contributed by atoms with Crippen LogP contribution in [-0.4, -0.2) is 18.2 Å². The Hall–Kier alpha value is -1.20. The number of ether oxygens (including phenoxy) is 1. The minimum Gasteiger partial charge on any atom is -0.466 e. The molecule has 1 atom stereocenters. The first kappa shape index (κ1) is 12.9. The summed E-state index contributed by atoms with van der Waals surface area (Å²) in [4.78, 5) is 11.1. The molecule has 0 radical (unpaired) electrons. The van der Waals surface area contributed by atoms with Gasteiger partial charge in [-0.3, -0.25) is 0 Å². The molecule has 1 aromatic rings. The zero-order valence-electron chi connectivity index (χ0n) is 8.54. The molecule has 0 heterocycles. The molecule has 0 aliphatic carbocycles. The maximum atomic E-state index is 13.4. The molecule has 0 fully saturated rings. The lowest BCUT2D eigenvalue weighted by atomic mass is 10.0. The zero-order chi connectivity index (χ0) is 12.3. The molecule has 0 aliphatic heterocycles. The molecule has 0 bridgehead atoms. The number of hydrogen-bond donors (Lipinski definition) is 1. The molecule has 1 unspecified atom stereocenters. The Kier molecular flexibility index (Phi) is 4.20. The Morgan fingerprint density at radius 3 is 2.75 bits per heavy atom. The first-order chi connectivity index (χ1) is 7.47. The number of benzene rings is 1. The topological polar surface area (TPSA) is 46.5 Å². The predicted octanol–water partition coefficient (Wildman–Crippen LogP) is 2.35. The molecule has 0 saturated heterocycles. The molecule has 0 amide bonds. The van der Waals surface area contributed by atoms with Gasteiger partial charge in [-0.1, -0.05) is 28.6 Å². The van der Waals surface area contributed by atoms with E-state index in [1.165, 1.54) is 12.1 Å². The molecule has 5 heteroatoms. The maximum Gasteiger partial charge on any atom is 0.336 e. The monoisotopic (exact) mass is 288 g/mol. The summed E-state index contributed by atoms with van der Waals surface area (Å²) in [5.74, 6) is -1.39. The van der Waals surface area contributed by atoms with Gasteiger partial charge in [0, 0.05) is 10.0 Å². The van der Waals surface area contributed by atoms with Crippen LogP contribution < -0.4 is 0 Å². The molecule has 0 spiro atoms. The van der Waals surface area contributed by atoms with Crippen LogP contribution >= 0.6 is 15.9 Å². The van der Waals surface area contributed by atoms with Gasteiger partial charge < -0.3 is 9.84 Å². The van der Waals surface area contributed by atoms with Crippen LogP contribution in [0.1, 0.15) is 11.7 Å². The van der Waals surface area contributed by atoms with Crippen LogP contribution in [0.4, 0.5) is 4.39 Å². The van der Waals surface area contributed by atoms with Crippen LogP contribution in [-0.2, 0) is 9.53 Å². The van der Waals surface area contributed by atoms with Crippen molar-refractivity contribution in [2.45, 2.75) is 6.10 Å². The average molecular weight is 289 g/mol. The summed E-state index contributed by atoms with van der Waals surface area (Å²) in [6, 6.07) is 4.13. The lowest BCUT2D eigenvalue weighted by molar-refractivity contribution is -0.137. The number of hydrogen-bond acceptors (Lipinski definition) is 3. The van der Waals surface area contributed by atoms with E-state index in [1.807, 2.05) is 0 Å². The highest BCUT2D eigenvalue weighted by molar-refractivity contribution is 9.10. The number of methoxy groups -OCH3 is 1. The van der Waals surface area contributed by atoms with E-state index >= 15 is 0 Å².